The maximum Gasteiger partial charge on any atom is 0.198 e. The van der Waals surface area contributed by atoms with Gasteiger partial charge in [-0.1, -0.05) is 6.07 Å². The van der Waals surface area contributed by atoms with Crippen LogP contribution in [0.3, 0.4) is 0 Å². The minimum absolute atomic E-state index is 0.802. The molecule has 4 heteroatoms. The predicted molar refractivity (Wildman–Crippen MR) is 70.9 cm³/mol. The third-order valence-corrected chi connectivity index (χ3v) is 4.47. The van der Waals surface area contributed by atoms with E-state index in [4.69, 9.17) is 4.74 Å². The number of methoxy groups -OCH3 is 1. The highest BCUT2D eigenvalue weighted by Gasteiger charge is 2.17. The largest absolute Gasteiger partial charge is 0.482 e. The Bertz CT molecular complexity index is 517. The van der Waals surface area contributed by atoms with Crippen molar-refractivity contribution in [1.29, 1.82) is 0 Å². The van der Waals surface area contributed by atoms with Crippen molar-refractivity contribution in [2.75, 3.05) is 18.6 Å². The molecule has 1 saturated heterocycles. The second kappa shape index (κ2) is 4.61. The first-order valence-electron chi connectivity index (χ1n) is 5.95. The molecule has 0 amide bonds. The van der Waals surface area contributed by atoms with E-state index < -0.39 is 0 Å². The van der Waals surface area contributed by atoms with Crippen LogP contribution < -0.4 is 4.74 Å². The molecule has 0 bridgehead atoms. The number of hydrogen-bond acceptors (Lipinski definition) is 3. The Morgan fingerprint density at radius 3 is 3.24 bits per heavy atom. The summed E-state index contributed by atoms with van der Waals surface area (Å²) in [5.41, 5.74) is 2.16. The van der Waals surface area contributed by atoms with Gasteiger partial charge < -0.3 is 4.74 Å². The Kier molecular flexibility index (Phi) is 2.97. The molecular formula is C13H16N2OS. The molecule has 0 N–H and O–H groups in total. The van der Waals surface area contributed by atoms with Gasteiger partial charge >= 0.3 is 0 Å². The maximum atomic E-state index is 5.33. The molecule has 0 spiro atoms. The van der Waals surface area contributed by atoms with E-state index in [0.29, 0.717) is 0 Å². The molecule has 1 aliphatic heterocycles. The van der Waals surface area contributed by atoms with Crippen LogP contribution in [0, 0.1) is 5.92 Å². The van der Waals surface area contributed by atoms with E-state index in [1.165, 1.54) is 23.6 Å². The maximum absolute atomic E-state index is 5.33. The summed E-state index contributed by atoms with van der Waals surface area (Å²) < 4.78 is 7.35. The first kappa shape index (κ1) is 11.0. The van der Waals surface area contributed by atoms with Gasteiger partial charge in [0, 0.05) is 6.20 Å². The van der Waals surface area contributed by atoms with E-state index in [1.54, 1.807) is 7.11 Å². The van der Waals surface area contributed by atoms with E-state index in [9.17, 15) is 0 Å². The fourth-order valence-corrected chi connectivity index (χ4v) is 3.63. The standard InChI is InChI=1S/C13H16N2OS/c1-16-13-4-2-3-12-14-11(8-15(12)13)7-10-5-6-17-9-10/h2-4,8,10H,5-7,9H2,1H3. The van der Waals surface area contributed by atoms with Gasteiger partial charge in [-0.05, 0) is 42.4 Å². The zero-order valence-electron chi connectivity index (χ0n) is 9.93. The third-order valence-electron chi connectivity index (χ3n) is 3.24. The van der Waals surface area contributed by atoms with Gasteiger partial charge in [-0.2, -0.15) is 11.8 Å². The van der Waals surface area contributed by atoms with Crippen molar-refractivity contribution >= 4 is 17.4 Å². The Morgan fingerprint density at radius 2 is 2.47 bits per heavy atom. The second-order valence-electron chi connectivity index (χ2n) is 4.46. The lowest BCUT2D eigenvalue weighted by atomic mass is 10.0. The van der Waals surface area contributed by atoms with Crippen molar-refractivity contribution in [3.63, 3.8) is 0 Å². The number of thioether (sulfide) groups is 1. The van der Waals surface area contributed by atoms with E-state index in [0.717, 1.165) is 23.9 Å². The van der Waals surface area contributed by atoms with Crippen molar-refractivity contribution in [1.82, 2.24) is 9.38 Å². The summed E-state index contributed by atoms with van der Waals surface area (Å²) in [5, 5.41) is 0. The molecule has 3 rings (SSSR count). The number of ether oxygens (including phenoxy) is 1. The monoisotopic (exact) mass is 248 g/mol. The fraction of sp³-hybridized carbons (Fsp3) is 0.462. The molecule has 0 saturated carbocycles. The number of aromatic nitrogens is 2. The van der Waals surface area contributed by atoms with E-state index in [2.05, 4.69) is 22.9 Å². The van der Waals surface area contributed by atoms with Crippen molar-refractivity contribution in [2.24, 2.45) is 5.92 Å². The zero-order valence-corrected chi connectivity index (χ0v) is 10.7. The Labute approximate surface area is 105 Å². The van der Waals surface area contributed by atoms with Crippen LogP contribution in [-0.4, -0.2) is 28.0 Å². The first-order valence-corrected chi connectivity index (χ1v) is 7.11. The van der Waals surface area contributed by atoms with Crippen molar-refractivity contribution < 1.29 is 4.74 Å². The summed E-state index contributed by atoms with van der Waals surface area (Å²) in [6.07, 6.45) is 4.53. The van der Waals surface area contributed by atoms with Crippen molar-refractivity contribution in [3.05, 3.63) is 30.1 Å². The van der Waals surface area contributed by atoms with Gasteiger partial charge in [-0.3, -0.25) is 4.40 Å². The van der Waals surface area contributed by atoms with Crippen LogP contribution in [0.25, 0.3) is 5.65 Å². The number of nitrogens with zero attached hydrogens (tertiary/aromatic N) is 2. The first-order chi connectivity index (χ1) is 8.36. The molecule has 1 unspecified atom stereocenters. The summed E-state index contributed by atoms with van der Waals surface area (Å²) in [6, 6.07) is 5.97. The van der Waals surface area contributed by atoms with Crippen LogP contribution in [0.4, 0.5) is 0 Å². The van der Waals surface area contributed by atoms with Crippen LogP contribution in [0.1, 0.15) is 12.1 Å². The molecule has 1 fully saturated rings. The average molecular weight is 248 g/mol. The van der Waals surface area contributed by atoms with Crippen LogP contribution in [-0.2, 0) is 6.42 Å². The van der Waals surface area contributed by atoms with Gasteiger partial charge in [0.15, 0.2) is 5.88 Å². The number of imidazole rings is 1. The summed E-state index contributed by atoms with van der Waals surface area (Å²) in [4.78, 5) is 4.66. The molecule has 17 heavy (non-hydrogen) atoms. The SMILES string of the molecule is COc1cccc2nc(CC3CCSC3)cn12. The lowest BCUT2D eigenvalue weighted by Crippen LogP contribution is -2.02. The van der Waals surface area contributed by atoms with Gasteiger partial charge in [0.25, 0.3) is 0 Å². The topological polar surface area (TPSA) is 26.5 Å². The van der Waals surface area contributed by atoms with Gasteiger partial charge in [0.05, 0.1) is 12.8 Å². The van der Waals surface area contributed by atoms with E-state index in [-0.39, 0.29) is 0 Å². The highest BCUT2D eigenvalue weighted by atomic mass is 32.2. The number of hydrogen-bond donors (Lipinski definition) is 0. The predicted octanol–water partition coefficient (Wildman–Crippen LogP) is 2.64. The molecular weight excluding hydrogens is 232 g/mol. The average Bonchev–Trinajstić information content (AvgIpc) is 2.97. The summed E-state index contributed by atoms with van der Waals surface area (Å²) in [5.74, 6) is 4.24. The van der Waals surface area contributed by atoms with Gasteiger partial charge in [-0.25, -0.2) is 4.98 Å². The quantitative estimate of drug-likeness (QED) is 0.835. The molecule has 1 atom stereocenters. The molecule has 3 heterocycles. The molecule has 3 nitrogen and oxygen atoms in total. The minimum Gasteiger partial charge on any atom is -0.482 e. The van der Waals surface area contributed by atoms with Crippen LogP contribution in [0.15, 0.2) is 24.4 Å². The van der Waals surface area contributed by atoms with Crippen LogP contribution >= 0.6 is 11.8 Å². The van der Waals surface area contributed by atoms with Gasteiger partial charge in [0.2, 0.25) is 0 Å². The number of fused-ring (bicyclic) bond motifs is 1. The summed E-state index contributed by atoms with van der Waals surface area (Å²) in [7, 11) is 1.70. The molecule has 1 aliphatic rings. The summed E-state index contributed by atoms with van der Waals surface area (Å²) >= 11 is 2.06. The lowest BCUT2D eigenvalue weighted by molar-refractivity contribution is 0.392. The normalized spacial score (nSPS) is 19.9. The minimum atomic E-state index is 0.802. The van der Waals surface area contributed by atoms with Crippen LogP contribution in [0.2, 0.25) is 0 Å². The zero-order chi connectivity index (χ0) is 11.7. The van der Waals surface area contributed by atoms with E-state index in [1.807, 2.05) is 22.6 Å². The Hall–Kier alpha value is -1.16. The lowest BCUT2D eigenvalue weighted by Gasteiger charge is -2.03. The molecule has 0 radical (unpaired) electrons. The second-order valence-corrected chi connectivity index (χ2v) is 5.61. The molecule has 0 aromatic carbocycles. The molecule has 0 aliphatic carbocycles. The van der Waals surface area contributed by atoms with Gasteiger partial charge in [0.1, 0.15) is 5.65 Å². The molecule has 90 valence electrons. The van der Waals surface area contributed by atoms with Crippen LogP contribution in [0.5, 0.6) is 5.88 Å². The fourth-order valence-electron chi connectivity index (χ4n) is 2.34. The highest BCUT2D eigenvalue weighted by Crippen LogP contribution is 2.27. The molecule has 2 aromatic rings. The van der Waals surface area contributed by atoms with Crippen molar-refractivity contribution in [3.8, 4) is 5.88 Å². The Morgan fingerprint density at radius 1 is 1.53 bits per heavy atom. The smallest absolute Gasteiger partial charge is 0.198 e. The van der Waals surface area contributed by atoms with Crippen molar-refractivity contribution in [2.45, 2.75) is 12.8 Å². The molecule has 2 aromatic heterocycles. The number of pyridine rings is 1. The van der Waals surface area contributed by atoms with E-state index >= 15 is 0 Å². The number of rotatable bonds is 3. The summed E-state index contributed by atoms with van der Waals surface area (Å²) in [6.45, 7) is 0. The third kappa shape index (κ3) is 2.14. The highest BCUT2D eigenvalue weighted by molar-refractivity contribution is 7.99. The Balaban J connectivity index is 1.90. The van der Waals surface area contributed by atoms with Gasteiger partial charge in [-0.15, -0.1) is 0 Å².